The van der Waals surface area contributed by atoms with Gasteiger partial charge < -0.3 is 9.84 Å². The van der Waals surface area contributed by atoms with Gasteiger partial charge in [0.1, 0.15) is 5.82 Å². The highest BCUT2D eigenvalue weighted by Gasteiger charge is 2.37. The van der Waals surface area contributed by atoms with Crippen molar-refractivity contribution in [1.29, 1.82) is 0 Å². The smallest absolute Gasteiger partial charge is 0.222 e. The minimum absolute atomic E-state index is 0.111. The lowest BCUT2D eigenvalue weighted by Gasteiger charge is -2.26. The van der Waals surface area contributed by atoms with Crippen LogP contribution in [0.15, 0.2) is 52.4 Å². The van der Waals surface area contributed by atoms with E-state index in [-0.39, 0.29) is 16.9 Å². The Labute approximate surface area is 170 Å². The minimum atomic E-state index is -3.94. The Hall–Kier alpha value is -2.76. The van der Waals surface area contributed by atoms with Crippen LogP contribution in [-0.4, -0.2) is 36.9 Å². The van der Waals surface area contributed by atoms with Crippen molar-refractivity contribution in [2.45, 2.75) is 44.3 Å². The summed E-state index contributed by atoms with van der Waals surface area (Å²) < 4.78 is 44.2. The quantitative estimate of drug-likeness (QED) is 0.327. The molecule has 0 aliphatic carbocycles. The number of ether oxygens (including phenoxy) is 1. The van der Waals surface area contributed by atoms with Crippen LogP contribution < -0.4 is 0 Å². The maximum Gasteiger partial charge on any atom is 0.222 e. The summed E-state index contributed by atoms with van der Waals surface area (Å²) in [5.41, 5.74) is -0.348. The van der Waals surface area contributed by atoms with E-state index >= 15 is 0 Å². The molecule has 0 aliphatic rings. The van der Waals surface area contributed by atoms with Gasteiger partial charge in [-0.25, -0.2) is 22.6 Å². The molecule has 2 aromatic carbocycles. The predicted octanol–water partition coefficient (Wildman–Crippen LogP) is 4.36. The van der Waals surface area contributed by atoms with Gasteiger partial charge >= 0.3 is 0 Å². The van der Waals surface area contributed by atoms with Gasteiger partial charge in [-0.05, 0) is 69.7 Å². The van der Waals surface area contributed by atoms with Crippen molar-refractivity contribution in [2.75, 3.05) is 5.75 Å². The second-order valence-corrected chi connectivity index (χ2v) is 9.14. The number of halogens is 1. The summed E-state index contributed by atoms with van der Waals surface area (Å²) in [6.45, 7) is 13.6. The van der Waals surface area contributed by atoms with Crippen LogP contribution in [0.5, 0.6) is 0 Å². The van der Waals surface area contributed by atoms with Gasteiger partial charge in [-0.15, -0.1) is 0 Å². The SMILES string of the molecule is [C-]#[N+]c1ccc(/N=C(\OC(C)C)C(C)(O)CS(=O)(=O)c2ccc(F)cc2)cc1C. The molecule has 0 fully saturated rings. The number of benzene rings is 2. The number of sulfone groups is 1. The lowest BCUT2D eigenvalue weighted by molar-refractivity contribution is 0.100. The normalized spacial score (nSPS) is 14.3. The number of aryl methyl sites for hydroxylation is 1. The van der Waals surface area contributed by atoms with Gasteiger partial charge in [-0.2, -0.15) is 0 Å². The van der Waals surface area contributed by atoms with Gasteiger partial charge in [0.2, 0.25) is 5.90 Å². The second kappa shape index (κ2) is 8.72. The first-order valence-corrected chi connectivity index (χ1v) is 10.5. The van der Waals surface area contributed by atoms with E-state index in [0.29, 0.717) is 16.9 Å². The monoisotopic (exact) mass is 418 g/mol. The Morgan fingerprint density at radius 1 is 1.28 bits per heavy atom. The number of rotatable bonds is 6. The fraction of sp³-hybridized carbons (Fsp3) is 0.333. The van der Waals surface area contributed by atoms with Crippen LogP contribution in [0.4, 0.5) is 15.8 Å². The van der Waals surface area contributed by atoms with E-state index in [0.717, 1.165) is 24.3 Å². The molecule has 0 radical (unpaired) electrons. The molecule has 6 nitrogen and oxygen atoms in total. The summed E-state index contributed by atoms with van der Waals surface area (Å²) in [7, 11) is -3.94. The number of hydrogen-bond donors (Lipinski definition) is 1. The molecule has 1 atom stereocenters. The molecule has 0 amide bonds. The van der Waals surface area contributed by atoms with E-state index in [1.807, 2.05) is 0 Å². The Morgan fingerprint density at radius 2 is 1.90 bits per heavy atom. The Balaban J connectivity index is 2.43. The molecule has 2 aromatic rings. The molecule has 0 saturated carbocycles. The molecule has 0 bridgehead atoms. The maximum atomic E-state index is 13.1. The molecule has 29 heavy (non-hydrogen) atoms. The van der Waals surface area contributed by atoms with Gasteiger partial charge in [0.25, 0.3) is 0 Å². The Kier molecular flexibility index (Phi) is 6.77. The van der Waals surface area contributed by atoms with Crippen molar-refractivity contribution in [3.63, 3.8) is 0 Å². The molecule has 0 spiro atoms. The van der Waals surface area contributed by atoms with E-state index in [1.165, 1.54) is 6.92 Å². The van der Waals surface area contributed by atoms with E-state index < -0.39 is 27.0 Å². The lowest BCUT2D eigenvalue weighted by atomic mass is 10.1. The summed E-state index contributed by atoms with van der Waals surface area (Å²) in [5, 5.41) is 10.9. The first-order valence-electron chi connectivity index (χ1n) is 8.89. The van der Waals surface area contributed by atoms with Crippen molar-refractivity contribution >= 4 is 27.1 Å². The number of nitrogens with zero attached hydrogens (tertiary/aromatic N) is 2. The van der Waals surface area contributed by atoms with Gasteiger partial charge in [0.05, 0.1) is 29.0 Å². The third-order valence-electron chi connectivity index (χ3n) is 3.98. The van der Waals surface area contributed by atoms with Crippen LogP contribution in [0.2, 0.25) is 0 Å². The summed E-state index contributed by atoms with van der Waals surface area (Å²) in [6.07, 6.45) is -0.364. The molecule has 2 rings (SSSR count). The maximum absolute atomic E-state index is 13.1. The fourth-order valence-electron chi connectivity index (χ4n) is 2.61. The van der Waals surface area contributed by atoms with Crippen molar-refractivity contribution < 1.29 is 22.7 Å². The van der Waals surface area contributed by atoms with Crippen LogP contribution in [0, 0.1) is 19.3 Å². The molecule has 0 aromatic heterocycles. The van der Waals surface area contributed by atoms with Crippen molar-refractivity contribution in [3.05, 3.63) is 65.3 Å². The van der Waals surface area contributed by atoms with E-state index in [9.17, 15) is 17.9 Å². The van der Waals surface area contributed by atoms with Crippen LogP contribution in [0.25, 0.3) is 4.85 Å². The summed E-state index contributed by atoms with van der Waals surface area (Å²) >= 11 is 0. The van der Waals surface area contributed by atoms with Gasteiger partial charge in [0, 0.05) is 0 Å². The van der Waals surface area contributed by atoms with E-state index in [1.54, 1.807) is 39.0 Å². The zero-order chi connectivity index (χ0) is 21.8. The van der Waals surface area contributed by atoms with Crippen molar-refractivity contribution in [3.8, 4) is 0 Å². The highest BCUT2D eigenvalue weighted by atomic mass is 32.2. The third-order valence-corrected chi connectivity index (χ3v) is 5.92. The van der Waals surface area contributed by atoms with Gasteiger partial charge in [-0.1, -0.05) is 6.07 Å². The lowest BCUT2D eigenvalue weighted by Crippen LogP contribution is -2.44. The first kappa shape index (κ1) is 22.5. The Bertz CT molecular complexity index is 1050. The van der Waals surface area contributed by atoms with E-state index in [2.05, 4.69) is 9.84 Å². The molecule has 0 aliphatic heterocycles. The van der Waals surface area contributed by atoms with Crippen LogP contribution >= 0.6 is 0 Å². The summed E-state index contributed by atoms with van der Waals surface area (Å²) in [6, 6.07) is 9.22. The fourth-order valence-corrected chi connectivity index (χ4v) is 4.19. The van der Waals surface area contributed by atoms with Crippen LogP contribution in [0.3, 0.4) is 0 Å². The zero-order valence-electron chi connectivity index (χ0n) is 16.7. The molecule has 0 saturated heterocycles. The van der Waals surface area contributed by atoms with Crippen LogP contribution in [0.1, 0.15) is 26.3 Å². The average molecular weight is 418 g/mol. The molecule has 8 heteroatoms. The first-order chi connectivity index (χ1) is 13.4. The molecular weight excluding hydrogens is 395 g/mol. The molecule has 1 unspecified atom stereocenters. The molecule has 1 N–H and O–H groups in total. The number of aliphatic hydroxyl groups is 1. The van der Waals surface area contributed by atoms with Crippen molar-refractivity contribution in [2.24, 2.45) is 4.99 Å². The zero-order valence-corrected chi connectivity index (χ0v) is 17.5. The van der Waals surface area contributed by atoms with E-state index in [4.69, 9.17) is 11.3 Å². The minimum Gasteiger partial charge on any atom is -0.476 e. The Morgan fingerprint density at radius 3 is 2.41 bits per heavy atom. The molecular formula is C21H23FN2O4S. The number of aliphatic imine (C=N–C) groups is 1. The highest BCUT2D eigenvalue weighted by Crippen LogP contribution is 2.27. The number of hydrogen-bond acceptors (Lipinski definition) is 5. The highest BCUT2D eigenvalue weighted by molar-refractivity contribution is 7.91. The van der Waals surface area contributed by atoms with Gasteiger partial charge in [-0.3, -0.25) is 0 Å². The molecule has 0 heterocycles. The molecule has 154 valence electrons. The van der Waals surface area contributed by atoms with Crippen molar-refractivity contribution in [1.82, 2.24) is 0 Å². The standard InChI is InChI=1S/C21H23FN2O4S/c1-14(2)28-20(24-17-8-11-19(23-5)15(3)12-17)21(4,25)13-29(26,27)18-9-6-16(22)7-10-18/h6-12,14,25H,13H2,1-4H3/b24-20-. The summed E-state index contributed by atoms with van der Waals surface area (Å²) in [5.74, 6) is -1.41. The average Bonchev–Trinajstić information content (AvgIpc) is 2.60. The summed E-state index contributed by atoms with van der Waals surface area (Å²) in [4.78, 5) is 7.60. The topological polar surface area (TPSA) is 80.3 Å². The predicted molar refractivity (Wildman–Crippen MR) is 110 cm³/mol. The van der Waals surface area contributed by atoms with Gasteiger partial charge in [0.15, 0.2) is 21.1 Å². The van der Waals surface area contributed by atoms with Crippen LogP contribution in [-0.2, 0) is 14.6 Å². The third kappa shape index (κ3) is 5.86. The largest absolute Gasteiger partial charge is 0.476 e. The second-order valence-electron chi connectivity index (χ2n) is 7.15.